The number of halogens is 2. The SMILES string of the molecule is O=C1NC(F)(F)c2nc(Nc3ncc(-c4nnc(-c5ccccn5)o4)c(N[C@H](CO)c4ccccc4)n3)ccc21. The zero-order valence-corrected chi connectivity index (χ0v) is 20.4. The lowest BCUT2D eigenvalue weighted by Gasteiger charge is -2.19. The Morgan fingerprint density at radius 2 is 1.75 bits per heavy atom. The van der Waals surface area contributed by atoms with Crippen LogP contribution < -0.4 is 16.0 Å². The molecule has 0 aliphatic carbocycles. The summed E-state index contributed by atoms with van der Waals surface area (Å²) in [5.74, 6) is -0.456. The lowest BCUT2D eigenvalue weighted by Crippen LogP contribution is -2.30. The zero-order chi connectivity index (χ0) is 27.7. The van der Waals surface area contributed by atoms with Crippen molar-refractivity contribution in [3.63, 3.8) is 0 Å². The maximum Gasteiger partial charge on any atom is 0.370 e. The first-order chi connectivity index (χ1) is 19.4. The highest BCUT2D eigenvalue weighted by Gasteiger charge is 2.45. The quantitative estimate of drug-likeness (QED) is 0.211. The number of carbonyl (C=O) groups excluding carboxylic acids is 1. The number of amides is 1. The minimum Gasteiger partial charge on any atom is -0.414 e. The number of nitrogens with zero attached hydrogens (tertiary/aromatic N) is 6. The summed E-state index contributed by atoms with van der Waals surface area (Å²) in [6, 6.07) is 12.9. The first-order valence-corrected chi connectivity index (χ1v) is 11.9. The summed E-state index contributed by atoms with van der Waals surface area (Å²) in [6.45, 7) is -0.276. The molecule has 6 rings (SSSR count). The average Bonchev–Trinajstić information content (AvgIpc) is 3.55. The highest BCUT2D eigenvalue weighted by Crippen LogP contribution is 2.34. The molecule has 0 bridgehead atoms. The molecule has 200 valence electrons. The number of carbonyl (C=O) groups is 1. The third kappa shape index (κ3) is 4.78. The Morgan fingerprint density at radius 1 is 0.950 bits per heavy atom. The number of aliphatic hydroxyl groups is 1. The molecule has 5 heterocycles. The molecule has 1 amide bonds. The number of aromatic nitrogens is 6. The molecule has 12 nitrogen and oxygen atoms in total. The van der Waals surface area contributed by atoms with Crippen molar-refractivity contribution in [2.24, 2.45) is 0 Å². The monoisotopic (exact) mass is 543 g/mol. The maximum absolute atomic E-state index is 14.2. The summed E-state index contributed by atoms with van der Waals surface area (Å²) in [5.41, 5.74) is 0.652. The molecule has 14 heteroatoms. The van der Waals surface area contributed by atoms with E-state index in [0.717, 1.165) is 5.56 Å². The van der Waals surface area contributed by atoms with Gasteiger partial charge < -0.3 is 20.2 Å². The van der Waals surface area contributed by atoms with Gasteiger partial charge in [-0.1, -0.05) is 36.4 Å². The largest absolute Gasteiger partial charge is 0.414 e. The van der Waals surface area contributed by atoms with Crippen molar-refractivity contribution in [1.29, 1.82) is 0 Å². The smallest absolute Gasteiger partial charge is 0.370 e. The van der Waals surface area contributed by atoms with Gasteiger partial charge in [-0.15, -0.1) is 10.2 Å². The van der Waals surface area contributed by atoms with Gasteiger partial charge in [-0.25, -0.2) is 9.97 Å². The van der Waals surface area contributed by atoms with E-state index in [0.29, 0.717) is 11.3 Å². The maximum atomic E-state index is 14.2. The Kier molecular flexibility index (Phi) is 6.28. The number of pyridine rings is 2. The van der Waals surface area contributed by atoms with Gasteiger partial charge in [0.25, 0.3) is 17.7 Å². The van der Waals surface area contributed by atoms with Crippen LogP contribution in [-0.2, 0) is 6.05 Å². The van der Waals surface area contributed by atoms with Gasteiger partial charge >= 0.3 is 6.05 Å². The van der Waals surface area contributed by atoms with E-state index in [2.05, 4.69) is 40.8 Å². The van der Waals surface area contributed by atoms with Gasteiger partial charge in [0.05, 0.1) is 23.8 Å². The number of anilines is 3. The van der Waals surface area contributed by atoms with Crippen LogP contribution in [0.2, 0.25) is 0 Å². The van der Waals surface area contributed by atoms with E-state index in [-0.39, 0.29) is 41.5 Å². The topological polar surface area (TPSA) is 164 Å². The minimum atomic E-state index is -3.60. The van der Waals surface area contributed by atoms with Crippen molar-refractivity contribution >= 4 is 23.5 Å². The van der Waals surface area contributed by atoms with Crippen LogP contribution in [0, 0.1) is 0 Å². The van der Waals surface area contributed by atoms with E-state index in [9.17, 15) is 18.7 Å². The van der Waals surface area contributed by atoms with Crippen molar-refractivity contribution in [3.05, 3.63) is 89.9 Å². The van der Waals surface area contributed by atoms with Crippen LogP contribution in [0.25, 0.3) is 23.0 Å². The standard InChI is InChI=1S/C26H19F2N9O3/c27-26(28)20-15(22(39)35-26)9-10-19(32-20)33-25-30-12-16(23-36-37-24(40-23)17-8-4-5-11-29-17)21(34-25)31-18(13-38)14-6-2-1-3-7-14/h1-12,18,38H,13H2,(H,35,39)(H2,30,31,32,33,34)/t18-/m1/s1. The molecule has 0 saturated heterocycles. The number of hydrogen-bond donors (Lipinski definition) is 4. The molecule has 0 unspecified atom stereocenters. The van der Waals surface area contributed by atoms with Crippen LogP contribution in [0.5, 0.6) is 0 Å². The van der Waals surface area contributed by atoms with Crippen molar-refractivity contribution < 1.29 is 23.1 Å². The molecular weight excluding hydrogens is 524 g/mol. The Bertz CT molecular complexity index is 1680. The van der Waals surface area contributed by atoms with E-state index in [1.54, 1.807) is 29.7 Å². The van der Waals surface area contributed by atoms with Gasteiger partial charge in [0, 0.05) is 12.4 Å². The Balaban J connectivity index is 1.36. The fraction of sp³-hybridized carbons (Fsp3) is 0.115. The number of benzene rings is 1. The Morgan fingerprint density at radius 3 is 2.52 bits per heavy atom. The average molecular weight is 543 g/mol. The summed E-state index contributed by atoms with van der Waals surface area (Å²) in [5, 5.41) is 25.8. The first kappa shape index (κ1) is 24.9. The number of hydrogen-bond acceptors (Lipinski definition) is 11. The lowest BCUT2D eigenvalue weighted by atomic mass is 10.1. The molecule has 4 aromatic heterocycles. The minimum absolute atomic E-state index is 0.00600. The fourth-order valence-electron chi connectivity index (χ4n) is 4.05. The molecule has 1 aliphatic heterocycles. The van der Waals surface area contributed by atoms with Crippen LogP contribution in [-0.4, -0.2) is 47.8 Å². The molecule has 0 saturated carbocycles. The van der Waals surface area contributed by atoms with Gasteiger partial charge in [-0.2, -0.15) is 13.8 Å². The van der Waals surface area contributed by atoms with Gasteiger partial charge in [0.15, 0.2) is 0 Å². The third-order valence-electron chi connectivity index (χ3n) is 5.97. The lowest BCUT2D eigenvalue weighted by molar-refractivity contribution is -0.0278. The van der Waals surface area contributed by atoms with E-state index < -0.39 is 23.7 Å². The van der Waals surface area contributed by atoms with E-state index >= 15 is 0 Å². The number of aliphatic hydroxyl groups excluding tert-OH is 1. The summed E-state index contributed by atoms with van der Waals surface area (Å²) in [6.07, 6.45) is 3.00. The summed E-state index contributed by atoms with van der Waals surface area (Å²) in [4.78, 5) is 28.6. The summed E-state index contributed by atoms with van der Waals surface area (Å²) in [7, 11) is 0. The molecule has 0 fully saturated rings. The van der Waals surface area contributed by atoms with Gasteiger partial charge in [0.2, 0.25) is 5.95 Å². The van der Waals surface area contributed by atoms with Crippen LogP contribution >= 0.6 is 0 Å². The Labute approximate surface area is 224 Å². The molecule has 4 N–H and O–H groups in total. The van der Waals surface area contributed by atoms with Gasteiger partial charge in [-0.3, -0.25) is 15.1 Å². The fourth-order valence-corrected chi connectivity index (χ4v) is 4.05. The molecular formula is C26H19F2N9O3. The Hall–Kier alpha value is -5.37. The van der Waals surface area contributed by atoms with Crippen LogP contribution in [0.4, 0.5) is 26.4 Å². The van der Waals surface area contributed by atoms with E-state index in [1.165, 1.54) is 18.3 Å². The van der Waals surface area contributed by atoms with Crippen LogP contribution in [0.3, 0.4) is 0 Å². The molecule has 0 spiro atoms. The molecule has 5 aromatic rings. The van der Waals surface area contributed by atoms with Crippen molar-refractivity contribution in [2.75, 3.05) is 17.2 Å². The van der Waals surface area contributed by atoms with E-state index in [4.69, 9.17) is 4.42 Å². The second kappa shape index (κ2) is 10.1. The first-order valence-electron chi connectivity index (χ1n) is 11.9. The number of fused-ring (bicyclic) bond motifs is 1. The van der Waals surface area contributed by atoms with Gasteiger partial charge in [0.1, 0.15) is 23.0 Å². The van der Waals surface area contributed by atoms with E-state index in [1.807, 2.05) is 30.3 Å². The van der Waals surface area contributed by atoms with Gasteiger partial charge in [-0.05, 0) is 29.8 Å². The molecule has 40 heavy (non-hydrogen) atoms. The molecule has 0 radical (unpaired) electrons. The van der Waals surface area contributed by atoms with Crippen LogP contribution in [0.1, 0.15) is 27.7 Å². The molecule has 1 aromatic carbocycles. The number of alkyl halides is 2. The van der Waals surface area contributed by atoms with Crippen LogP contribution in [0.15, 0.2) is 77.5 Å². The predicted molar refractivity (Wildman–Crippen MR) is 137 cm³/mol. The number of nitrogens with one attached hydrogen (secondary N) is 3. The zero-order valence-electron chi connectivity index (χ0n) is 20.4. The second-order valence-corrected chi connectivity index (χ2v) is 8.62. The highest BCUT2D eigenvalue weighted by molar-refractivity contribution is 5.99. The predicted octanol–water partition coefficient (Wildman–Crippen LogP) is 3.67. The normalized spacial score (nSPS) is 14.3. The van der Waals surface area contributed by atoms with Crippen molar-refractivity contribution in [2.45, 2.75) is 12.1 Å². The summed E-state index contributed by atoms with van der Waals surface area (Å²) < 4.78 is 34.2. The van der Waals surface area contributed by atoms with Crippen molar-refractivity contribution in [1.82, 2.24) is 35.5 Å². The van der Waals surface area contributed by atoms with Crippen molar-refractivity contribution in [3.8, 4) is 23.0 Å². The highest BCUT2D eigenvalue weighted by atomic mass is 19.3. The third-order valence-corrected chi connectivity index (χ3v) is 5.97. The number of rotatable bonds is 8. The molecule has 1 aliphatic rings. The second-order valence-electron chi connectivity index (χ2n) is 8.62. The molecule has 1 atom stereocenters. The summed E-state index contributed by atoms with van der Waals surface area (Å²) >= 11 is 0.